The summed E-state index contributed by atoms with van der Waals surface area (Å²) >= 11 is 0. The largest absolute Gasteiger partial charge is 0.294 e. The molecule has 14 heavy (non-hydrogen) atoms. The molecule has 4 nitrogen and oxygen atoms in total. The molecule has 1 amide bonds. The molecule has 0 aromatic heterocycles. The van der Waals surface area contributed by atoms with Gasteiger partial charge in [0.15, 0.2) is 0 Å². The van der Waals surface area contributed by atoms with Crippen molar-refractivity contribution < 1.29 is 4.79 Å². The highest BCUT2D eigenvalue weighted by molar-refractivity contribution is 5.77. The molecule has 1 saturated heterocycles. The smallest absolute Gasteiger partial charge is 0.248 e. The van der Waals surface area contributed by atoms with Crippen LogP contribution in [-0.2, 0) is 4.79 Å². The minimum absolute atomic E-state index is 0.0929. The summed E-state index contributed by atoms with van der Waals surface area (Å²) in [7, 11) is 0. The minimum atomic E-state index is -0.0929. The van der Waals surface area contributed by atoms with Gasteiger partial charge in [-0.1, -0.05) is 13.8 Å². The second-order valence-electron chi connectivity index (χ2n) is 4.86. The monoisotopic (exact) mass is 199 g/mol. The lowest BCUT2D eigenvalue weighted by Gasteiger charge is -2.22. The maximum Gasteiger partial charge on any atom is 0.248 e. The lowest BCUT2D eigenvalue weighted by Crippen LogP contribution is -2.40. The lowest BCUT2D eigenvalue weighted by atomic mass is 9.85. The van der Waals surface area contributed by atoms with E-state index in [0.29, 0.717) is 12.0 Å². The number of likely N-dealkylation sites (tertiary alicyclic amines) is 1. The van der Waals surface area contributed by atoms with Gasteiger partial charge >= 0.3 is 0 Å². The summed E-state index contributed by atoms with van der Waals surface area (Å²) in [6, 6.07) is 0. The molecule has 3 N–H and O–H groups in total. The SMILES string of the molecule is CC1(C)CCCN(CC(=O)NN)CC1. The summed E-state index contributed by atoms with van der Waals surface area (Å²) in [5.41, 5.74) is 2.60. The predicted molar refractivity (Wildman–Crippen MR) is 56.4 cm³/mol. The van der Waals surface area contributed by atoms with E-state index in [0.717, 1.165) is 19.5 Å². The summed E-state index contributed by atoms with van der Waals surface area (Å²) in [6.07, 6.45) is 3.57. The van der Waals surface area contributed by atoms with E-state index in [2.05, 4.69) is 24.2 Å². The first-order valence-electron chi connectivity index (χ1n) is 5.25. The molecular formula is C10H21N3O. The Balaban J connectivity index is 2.38. The third kappa shape index (κ3) is 3.64. The molecule has 4 heteroatoms. The fraction of sp³-hybridized carbons (Fsp3) is 0.900. The molecule has 1 aliphatic heterocycles. The molecule has 0 unspecified atom stereocenters. The number of hydrogen-bond donors (Lipinski definition) is 2. The van der Waals surface area contributed by atoms with Gasteiger partial charge < -0.3 is 0 Å². The molecule has 0 saturated carbocycles. The van der Waals surface area contributed by atoms with Crippen molar-refractivity contribution in [3.63, 3.8) is 0 Å². The number of rotatable bonds is 2. The van der Waals surface area contributed by atoms with Crippen LogP contribution in [0.5, 0.6) is 0 Å². The van der Waals surface area contributed by atoms with Crippen LogP contribution in [0.2, 0.25) is 0 Å². The van der Waals surface area contributed by atoms with Gasteiger partial charge in [-0.3, -0.25) is 15.1 Å². The van der Waals surface area contributed by atoms with Crippen LogP contribution in [0.15, 0.2) is 0 Å². The Morgan fingerprint density at radius 1 is 1.43 bits per heavy atom. The summed E-state index contributed by atoms with van der Waals surface area (Å²) < 4.78 is 0. The Kier molecular flexibility index (Phi) is 3.89. The van der Waals surface area contributed by atoms with Crippen molar-refractivity contribution in [3.8, 4) is 0 Å². The summed E-state index contributed by atoms with van der Waals surface area (Å²) in [4.78, 5) is 13.3. The summed E-state index contributed by atoms with van der Waals surface area (Å²) in [5, 5.41) is 0. The lowest BCUT2D eigenvalue weighted by molar-refractivity contribution is -0.122. The number of carbonyl (C=O) groups is 1. The van der Waals surface area contributed by atoms with Crippen molar-refractivity contribution in [1.29, 1.82) is 0 Å². The molecule has 1 aliphatic rings. The molecule has 1 fully saturated rings. The van der Waals surface area contributed by atoms with E-state index < -0.39 is 0 Å². The summed E-state index contributed by atoms with van der Waals surface area (Å²) in [5.74, 6) is 4.96. The maximum atomic E-state index is 11.1. The fourth-order valence-electron chi connectivity index (χ4n) is 1.89. The van der Waals surface area contributed by atoms with E-state index in [-0.39, 0.29) is 5.91 Å². The molecule has 82 valence electrons. The quantitative estimate of drug-likeness (QED) is 0.386. The Labute approximate surface area is 85.8 Å². The van der Waals surface area contributed by atoms with Crippen molar-refractivity contribution >= 4 is 5.91 Å². The van der Waals surface area contributed by atoms with Crippen LogP contribution in [0, 0.1) is 5.41 Å². The van der Waals surface area contributed by atoms with E-state index in [9.17, 15) is 4.79 Å². The van der Waals surface area contributed by atoms with Crippen LogP contribution in [0.1, 0.15) is 33.1 Å². The number of nitrogens with zero attached hydrogens (tertiary/aromatic N) is 1. The fourth-order valence-corrected chi connectivity index (χ4v) is 1.89. The molecule has 0 radical (unpaired) electrons. The number of nitrogens with two attached hydrogens (primary N) is 1. The molecule has 0 aromatic carbocycles. The average molecular weight is 199 g/mol. The Morgan fingerprint density at radius 3 is 2.79 bits per heavy atom. The van der Waals surface area contributed by atoms with E-state index in [1.807, 2.05) is 0 Å². The summed E-state index contributed by atoms with van der Waals surface area (Å²) in [6.45, 7) is 7.03. The number of nitrogens with one attached hydrogen (secondary N) is 1. The topological polar surface area (TPSA) is 58.4 Å². The number of hydrazine groups is 1. The highest BCUT2D eigenvalue weighted by atomic mass is 16.2. The standard InChI is InChI=1S/C10H21N3O/c1-10(2)4-3-6-13(7-5-10)8-9(14)12-11/h3-8,11H2,1-2H3,(H,12,14). The number of carbonyl (C=O) groups excluding carboxylic acids is 1. The van der Waals surface area contributed by atoms with Gasteiger partial charge in [-0.05, 0) is 37.8 Å². The van der Waals surface area contributed by atoms with Crippen LogP contribution in [0.3, 0.4) is 0 Å². The van der Waals surface area contributed by atoms with Crippen LogP contribution in [0.25, 0.3) is 0 Å². The van der Waals surface area contributed by atoms with Crippen LogP contribution in [-0.4, -0.2) is 30.4 Å². The Bertz CT molecular complexity index is 204. The zero-order valence-electron chi connectivity index (χ0n) is 9.18. The van der Waals surface area contributed by atoms with Crippen molar-refractivity contribution in [2.75, 3.05) is 19.6 Å². The van der Waals surface area contributed by atoms with Gasteiger partial charge in [0.05, 0.1) is 6.54 Å². The first-order valence-corrected chi connectivity index (χ1v) is 5.25. The van der Waals surface area contributed by atoms with Gasteiger partial charge in [-0.15, -0.1) is 0 Å². The van der Waals surface area contributed by atoms with Gasteiger partial charge in [0.1, 0.15) is 0 Å². The van der Waals surface area contributed by atoms with Crippen LogP contribution < -0.4 is 11.3 Å². The van der Waals surface area contributed by atoms with Crippen LogP contribution >= 0.6 is 0 Å². The van der Waals surface area contributed by atoms with Crippen LogP contribution in [0.4, 0.5) is 0 Å². The second kappa shape index (κ2) is 4.75. The Morgan fingerprint density at radius 2 is 2.14 bits per heavy atom. The third-order valence-electron chi connectivity index (χ3n) is 2.96. The van der Waals surface area contributed by atoms with Crippen molar-refractivity contribution in [1.82, 2.24) is 10.3 Å². The highest BCUT2D eigenvalue weighted by Gasteiger charge is 2.23. The zero-order valence-corrected chi connectivity index (χ0v) is 9.18. The average Bonchev–Trinajstić information content (AvgIpc) is 2.28. The molecule has 0 aromatic rings. The van der Waals surface area contributed by atoms with Gasteiger partial charge in [0.2, 0.25) is 5.91 Å². The van der Waals surface area contributed by atoms with Gasteiger partial charge in [-0.2, -0.15) is 0 Å². The second-order valence-corrected chi connectivity index (χ2v) is 4.86. The predicted octanol–water partition coefficient (Wildman–Crippen LogP) is 0.488. The normalized spacial score (nSPS) is 22.8. The Hall–Kier alpha value is -0.610. The molecular weight excluding hydrogens is 178 g/mol. The van der Waals surface area contributed by atoms with Gasteiger partial charge in [-0.25, -0.2) is 5.84 Å². The van der Waals surface area contributed by atoms with Gasteiger partial charge in [0.25, 0.3) is 0 Å². The maximum absolute atomic E-state index is 11.1. The zero-order chi connectivity index (χ0) is 10.6. The molecule has 0 spiro atoms. The van der Waals surface area contributed by atoms with E-state index in [4.69, 9.17) is 5.84 Å². The highest BCUT2D eigenvalue weighted by Crippen LogP contribution is 2.29. The number of hydrogen-bond acceptors (Lipinski definition) is 3. The minimum Gasteiger partial charge on any atom is -0.294 e. The van der Waals surface area contributed by atoms with Gasteiger partial charge in [0, 0.05) is 0 Å². The number of amides is 1. The van der Waals surface area contributed by atoms with Crippen molar-refractivity contribution in [3.05, 3.63) is 0 Å². The van der Waals surface area contributed by atoms with E-state index >= 15 is 0 Å². The molecule has 1 rings (SSSR count). The molecule has 0 aliphatic carbocycles. The van der Waals surface area contributed by atoms with Crippen molar-refractivity contribution in [2.24, 2.45) is 11.3 Å². The van der Waals surface area contributed by atoms with E-state index in [1.165, 1.54) is 12.8 Å². The first-order chi connectivity index (χ1) is 6.53. The molecule has 1 heterocycles. The first kappa shape index (κ1) is 11.5. The van der Waals surface area contributed by atoms with Crippen molar-refractivity contribution in [2.45, 2.75) is 33.1 Å². The molecule has 0 atom stereocenters. The molecule has 0 bridgehead atoms. The van der Waals surface area contributed by atoms with E-state index in [1.54, 1.807) is 0 Å². The third-order valence-corrected chi connectivity index (χ3v) is 2.96.